The molecule has 4 heterocycles. The van der Waals surface area contributed by atoms with E-state index in [1.165, 1.54) is 42.4 Å². The molecule has 6 rings (SSSR count). The Labute approximate surface area is 204 Å². The maximum absolute atomic E-state index is 12.8. The van der Waals surface area contributed by atoms with Gasteiger partial charge in [-0.05, 0) is 0 Å². The molecule has 0 unspecified atom stereocenters. The van der Waals surface area contributed by atoms with Gasteiger partial charge in [-0.3, -0.25) is 0 Å². The summed E-state index contributed by atoms with van der Waals surface area (Å²) < 4.78 is 5.15. The van der Waals surface area contributed by atoms with Crippen LogP contribution in [0.25, 0.3) is 32.4 Å². The predicted octanol–water partition coefficient (Wildman–Crippen LogP) is 3.39. The molecule has 0 fully saturated rings. The average Bonchev–Trinajstić information content (AvgIpc) is 3.34. The number of fused-ring (bicyclic) bond motifs is 5. The average molecular weight is 599 g/mol. The van der Waals surface area contributed by atoms with Crippen LogP contribution in [-0.2, 0) is 15.0 Å². The third-order valence-corrected chi connectivity index (χ3v) is 9.79. The van der Waals surface area contributed by atoms with Crippen molar-refractivity contribution in [3.05, 3.63) is 69.7 Å². The van der Waals surface area contributed by atoms with Crippen molar-refractivity contribution in [1.82, 2.24) is 9.47 Å². The summed E-state index contributed by atoms with van der Waals surface area (Å²) in [6.07, 6.45) is 1.76. The van der Waals surface area contributed by atoms with Gasteiger partial charge in [-0.25, -0.2) is 0 Å². The van der Waals surface area contributed by atoms with Crippen molar-refractivity contribution in [2.24, 2.45) is 4.99 Å². The van der Waals surface area contributed by atoms with E-state index in [2.05, 4.69) is 71.9 Å². The molecule has 0 saturated heterocycles. The first-order valence-corrected chi connectivity index (χ1v) is 13.1. The molecule has 0 atom stereocenters. The molecule has 0 aliphatic carbocycles. The normalized spacial score (nSPS) is 18.5. The number of aliphatic imine (C=N–C) groups is 1. The van der Waals surface area contributed by atoms with Gasteiger partial charge in [0.25, 0.3) is 0 Å². The van der Waals surface area contributed by atoms with Crippen molar-refractivity contribution < 1.29 is 9.59 Å². The fourth-order valence-electron chi connectivity index (χ4n) is 4.81. The van der Waals surface area contributed by atoms with Gasteiger partial charge in [-0.2, -0.15) is 0 Å². The van der Waals surface area contributed by atoms with E-state index in [0.717, 1.165) is 4.44 Å². The summed E-state index contributed by atoms with van der Waals surface area (Å²) in [5.74, 6) is -0.741. The topological polar surface area (TPSA) is 54.7 Å². The van der Waals surface area contributed by atoms with Crippen LogP contribution in [0.3, 0.4) is 0 Å². The monoisotopic (exact) mass is 602 g/mol. The Balaban J connectivity index is 1.64. The van der Waals surface area contributed by atoms with Crippen LogP contribution in [-0.4, -0.2) is 69.0 Å². The summed E-state index contributed by atoms with van der Waals surface area (Å²) in [5, 5.41) is 2.52. The Kier molecular flexibility index (Phi) is 4.29. The number of para-hydroxylation sites is 2. The van der Waals surface area contributed by atoms with Gasteiger partial charge in [0.1, 0.15) is 0 Å². The zero-order valence-electron chi connectivity index (χ0n) is 17.7. The second-order valence-corrected chi connectivity index (χ2v) is 11.9. The van der Waals surface area contributed by atoms with Crippen LogP contribution in [0.5, 0.6) is 0 Å². The van der Waals surface area contributed by atoms with E-state index < -0.39 is 5.91 Å². The number of amides is 2. The van der Waals surface area contributed by atoms with E-state index in [1.807, 2.05) is 0 Å². The number of rotatable bonds is 1. The van der Waals surface area contributed by atoms with Crippen molar-refractivity contribution in [1.29, 1.82) is 0 Å². The molecule has 0 bridgehead atoms. The summed E-state index contributed by atoms with van der Waals surface area (Å²) >= 11 is 1.55. The van der Waals surface area contributed by atoms with Gasteiger partial charge in [0.05, 0.1) is 0 Å². The quantitative estimate of drug-likeness (QED) is 0.192. The van der Waals surface area contributed by atoms with Crippen LogP contribution in [0.15, 0.2) is 59.1 Å². The molecule has 5 nitrogen and oxygen atoms in total. The van der Waals surface area contributed by atoms with Crippen molar-refractivity contribution in [3.63, 3.8) is 0 Å². The number of likely N-dealkylation sites (N-methyl/N-ethyl adjacent to an activating group) is 1. The summed E-state index contributed by atoms with van der Waals surface area (Å²) in [7, 11) is 1.66. The van der Waals surface area contributed by atoms with E-state index in [9.17, 15) is 9.59 Å². The molecule has 2 aromatic carbocycles. The van der Waals surface area contributed by atoms with Gasteiger partial charge in [0.15, 0.2) is 0 Å². The van der Waals surface area contributed by atoms with Gasteiger partial charge in [-0.1, -0.05) is 0 Å². The van der Waals surface area contributed by atoms with Gasteiger partial charge in [0, 0.05) is 0 Å². The molecular formula is C25H18N3O2SeTe. The summed E-state index contributed by atoms with van der Waals surface area (Å²) in [6.45, 7) is 4.53. The van der Waals surface area contributed by atoms with Crippen LogP contribution in [0, 0.1) is 0 Å². The molecule has 0 saturated carbocycles. The molecule has 157 valence electrons. The molecule has 32 heavy (non-hydrogen) atoms. The number of aromatic nitrogens is 1. The molecular weight excluding hydrogens is 581 g/mol. The number of benzene rings is 2. The van der Waals surface area contributed by atoms with Crippen LogP contribution >= 0.6 is 0 Å². The van der Waals surface area contributed by atoms with Crippen molar-refractivity contribution in [2.45, 2.75) is 19.3 Å². The number of amidine groups is 1. The first-order valence-electron chi connectivity index (χ1n) is 10.3. The summed E-state index contributed by atoms with van der Waals surface area (Å²) in [6, 6.07) is 17.3. The number of hydrogen-bond donors (Lipinski definition) is 0. The zero-order chi connectivity index (χ0) is 22.4. The minimum atomic E-state index is -0.453. The van der Waals surface area contributed by atoms with Crippen LogP contribution < -0.4 is 0 Å². The number of carbonyl (C=O) groups excluding carboxylic acids is 2. The molecule has 1 radical (unpaired) electrons. The Morgan fingerprint density at radius 1 is 1.03 bits per heavy atom. The van der Waals surface area contributed by atoms with E-state index in [4.69, 9.17) is 0 Å². The van der Waals surface area contributed by atoms with Gasteiger partial charge in [-0.15, -0.1) is 0 Å². The molecule has 2 aliphatic heterocycles. The Morgan fingerprint density at radius 3 is 2.59 bits per heavy atom. The van der Waals surface area contributed by atoms with E-state index in [-0.39, 0.29) is 31.4 Å². The van der Waals surface area contributed by atoms with Crippen LogP contribution in [0.1, 0.15) is 29.4 Å². The zero-order valence-corrected chi connectivity index (χ0v) is 21.7. The fraction of sp³-hybridized carbons (Fsp3) is 0.160. The van der Waals surface area contributed by atoms with Crippen molar-refractivity contribution in [2.75, 3.05) is 7.05 Å². The summed E-state index contributed by atoms with van der Waals surface area (Å²) in [5.41, 5.74) is 5.00. The van der Waals surface area contributed by atoms with Gasteiger partial charge >= 0.3 is 205 Å². The molecule has 2 amide bonds. The standard InChI is InChI=1S/C25H18N3O2SeTe/c1-25(2)17-9-6-8-15-14-7-4-5-10-19(14)28(20(15)17)23-18(25)12-13(31-23)11-16-21(29)26-24(32)27(3)22(16)30/h4-12H,1-3H3/b16-11+. The third kappa shape index (κ3) is 2.60. The van der Waals surface area contributed by atoms with E-state index in [1.54, 1.807) is 35.4 Å². The predicted molar refractivity (Wildman–Crippen MR) is 129 cm³/mol. The van der Waals surface area contributed by atoms with Crippen molar-refractivity contribution >= 4 is 80.4 Å². The van der Waals surface area contributed by atoms with Crippen molar-refractivity contribution in [3.8, 4) is 4.56 Å². The Hall–Kier alpha value is -2.42. The number of nitrogens with zero attached hydrogens (tertiary/aromatic N) is 3. The Morgan fingerprint density at radius 2 is 1.78 bits per heavy atom. The van der Waals surface area contributed by atoms with Crippen LogP contribution in [0.2, 0.25) is 0 Å². The second-order valence-electron chi connectivity index (χ2n) is 8.67. The van der Waals surface area contributed by atoms with Crippen LogP contribution in [0.4, 0.5) is 0 Å². The van der Waals surface area contributed by atoms with E-state index >= 15 is 0 Å². The van der Waals surface area contributed by atoms with Gasteiger partial charge in [0.2, 0.25) is 0 Å². The molecule has 0 N–H and O–H groups in total. The Bertz CT molecular complexity index is 1570. The minimum absolute atomic E-state index is 0.0438. The second kappa shape index (κ2) is 6.79. The van der Waals surface area contributed by atoms with Gasteiger partial charge < -0.3 is 0 Å². The third-order valence-electron chi connectivity index (χ3n) is 6.51. The first kappa shape index (κ1) is 20.2. The summed E-state index contributed by atoms with van der Waals surface area (Å²) in [4.78, 5) is 30.7. The van der Waals surface area contributed by atoms with E-state index in [0.29, 0.717) is 3.88 Å². The number of hydrogen-bond acceptors (Lipinski definition) is 2. The number of carbonyl (C=O) groups is 2. The first-order chi connectivity index (χ1) is 15.3. The SMILES string of the molecule is CN1C(=O)/C(=C/c2cc3c([se]2)-n2c4ccccc4c4cccc(c42)C3(C)C)C(=O)N=C1[Te]. The fourth-order valence-corrected chi connectivity index (χ4v) is 7.97. The molecule has 2 aromatic heterocycles. The maximum atomic E-state index is 12.8. The molecule has 4 aromatic rings. The molecule has 2 aliphatic rings. The molecule has 0 spiro atoms. The molecule has 7 heteroatoms.